The molecule has 202 valence electrons. The summed E-state index contributed by atoms with van der Waals surface area (Å²) in [6.07, 6.45) is 4.16. The summed E-state index contributed by atoms with van der Waals surface area (Å²) in [4.78, 5) is 34.5. The topological polar surface area (TPSA) is 86.1 Å². The number of aromatic nitrogens is 2. The SMILES string of the molecule is Cc1cc(OCC2(CC(=O)N3CCOCC3)CN(C(=O)CCn3ccnc3C(C)C)CCO2)ccc1Cl. The minimum atomic E-state index is -0.949. The molecule has 1 unspecified atom stereocenters. The smallest absolute Gasteiger partial charge is 0.225 e. The Hall–Kier alpha value is -2.62. The highest BCUT2D eigenvalue weighted by atomic mass is 35.5. The number of imidazole rings is 1. The molecular formula is C27H37ClN4O5. The molecule has 2 saturated heterocycles. The molecule has 3 heterocycles. The minimum absolute atomic E-state index is 0.0199. The standard InChI is InChI=1S/C27H37ClN4O5/c1-20(2)26-29-7-9-31(26)8-6-24(33)32-12-15-37-27(18-32,17-25(34)30-10-13-35-14-11-30)19-36-22-4-5-23(28)21(3)16-22/h4-5,7,9,16,20H,6,8,10-15,17-19H2,1-3H3. The minimum Gasteiger partial charge on any atom is -0.490 e. The van der Waals surface area contributed by atoms with Crippen LogP contribution in [0.1, 0.15) is 44.0 Å². The maximum atomic E-state index is 13.3. The Bertz CT molecular complexity index is 1080. The van der Waals surface area contributed by atoms with Crippen LogP contribution in [-0.4, -0.2) is 89.4 Å². The summed E-state index contributed by atoms with van der Waals surface area (Å²) in [5.41, 5.74) is -0.0474. The van der Waals surface area contributed by atoms with E-state index in [1.165, 1.54) is 0 Å². The van der Waals surface area contributed by atoms with Crippen LogP contribution >= 0.6 is 11.6 Å². The Kier molecular flexibility index (Phi) is 9.10. The van der Waals surface area contributed by atoms with Crippen molar-refractivity contribution < 1.29 is 23.8 Å². The van der Waals surface area contributed by atoms with Gasteiger partial charge in [-0.05, 0) is 30.7 Å². The molecule has 10 heteroatoms. The molecule has 0 N–H and O–H groups in total. The third-order valence-corrected chi connectivity index (χ3v) is 7.32. The first-order valence-corrected chi connectivity index (χ1v) is 13.3. The molecule has 0 saturated carbocycles. The fourth-order valence-corrected chi connectivity index (χ4v) is 4.93. The van der Waals surface area contributed by atoms with E-state index in [2.05, 4.69) is 18.8 Å². The molecule has 0 radical (unpaired) electrons. The lowest BCUT2D eigenvalue weighted by molar-refractivity contribution is -0.167. The Morgan fingerprint density at radius 3 is 2.62 bits per heavy atom. The molecule has 2 aromatic rings. The third-order valence-electron chi connectivity index (χ3n) is 6.90. The third kappa shape index (κ3) is 7.03. The van der Waals surface area contributed by atoms with Gasteiger partial charge >= 0.3 is 0 Å². The molecule has 2 aliphatic heterocycles. The van der Waals surface area contributed by atoms with E-state index in [0.29, 0.717) is 63.2 Å². The van der Waals surface area contributed by atoms with Crippen molar-refractivity contribution in [2.75, 3.05) is 52.6 Å². The van der Waals surface area contributed by atoms with Crippen LogP contribution in [0.5, 0.6) is 5.75 Å². The number of rotatable bonds is 9. The summed E-state index contributed by atoms with van der Waals surface area (Å²) < 4.78 is 19.8. The van der Waals surface area contributed by atoms with Gasteiger partial charge in [0.1, 0.15) is 23.8 Å². The molecule has 2 fully saturated rings. The lowest BCUT2D eigenvalue weighted by Crippen LogP contribution is -2.58. The summed E-state index contributed by atoms with van der Waals surface area (Å²) in [5, 5.41) is 0.661. The average molecular weight is 533 g/mol. The van der Waals surface area contributed by atoms with Gasteiger partial charge in [-0.2, -0.15) is 0 Å². The van der Waals surface area contributed by atoms with E-state index in [0.717, 1.165) is 11.4 Å². The summed E-state index contributed by atoms with van der Waals surface area (Å²) in [6, 6.07) is 5.45. The van der Waals surface area contributed by atoms with E-state index in [9.17, 15) is 9.59 Å². The summed E-state index contributed by atoms with van der Waals surface area (Å²) in [7, 11) is 0. The normalized spacial score (nSPS) is 20.4. The van der Waals surface area contributed by atoms with Crippen molar-refractivity contribution in [3.8, 4) is 5.75 Å². The van der Waals surface area contributed by atoms with Crippen molar-refractivity contribution in [1.29, 1.82) is 0 Å². The zero-order chi connectivity index (χ0) is 26.4. The number of hydrogen-bond acceptors (Lipinski definition) is 6. The number of aryl methyl sites for hydroxylation is 2. The van der Waals surface area contributed by atoms with E-state index >= 15 is 0 Å². The second-order valence-corrected chi connectivity index (χ2v) is 10.5. The molecule has 2 aliphatic rings. The van der Waals surface area contributed by atoms with E-state index in [1.54, 1.807) is 28.1 Å². The zero-order valence-electron chi connectivity index (χ0n) is 22.0. The summed E-state index contributed by atoms with van der Waals surface area (Å²) in [5.74, 6) is 1.90. The Morgan fingerprint density at radius 1 is 1.14 bits per heavy atom. The molecule has 1 aromatic carbocycles. The Morgan fingerprint density at radius 2 is 1.89 bits per heavy atom. The van der Waals surface area contributed by atoms with Gasteiger partial charge in [-0.25, -0.2) is 4.98 Å². The molecule has 1 aromatic heterocycles. The van der Waals surface area contributed by atoms with E-state index < -0.39 is 5.60 Å². The summed E-state index contributed by atoms with van der Waals surface area (Å²) >= 11 is 6.17. The van der Waals surface area contributed by atoms with Gasteiger partial charge in [0.15, 0.2) is 0 Å². The first kappa shape index (κ1) is 27.4. The first-order valence-electron chi connectivity index (χ1n) is 12.9. The Labute approximate surface area is 223 Å². The predicted octanol–water partition coefficient (Wildman–Crippen LogP) is 3.28. The number of halogens is 1. The number of benzene rings is 1. The van der Waals surface area contributed by atoms with Gasteiger partial charge in [-0.15, -0.1) is 0 Å². The van der Waals surface area contributed by atoms with Crippen molar-refractivity contribution in [1.82, 2.24) is 19.4 Å². The van der Waals surface area contributed by atoms with Crippen LogP contribution < -0.4 is 4.74 Å². The van der Waals surface area contributed by atoms with Crippen molar-refractivity contribution in [2.45, 2.75) is 51.7 Å². The Balaban J connectivity index is 1.46. The number of ether oxygens (including phenoxy) is 3. The summed E-state index contributed by atoms with van der Waals surface area (Å²) in [6.45, 7) is 10.1. The number of carbonyl (C=O) groups excluding carboxylic acids is 2. The number of amides is 2. The molecular weight excluding hydrogens is 496 g/mol. The highest BCUT2D eigenvalue weighted by molar-refractivity contribution is 6.31. The highest BCUT2D eigenvalue weighted by Crippen LogP contribution is 2.28. The maximum Gasteiger partial charge on any atom is 0.225 e. The highest BCUT2D eigenvalue weighted by Gasteiger charge is 2.42. The van der Waals surface area contributed by atoms with Gasteiger partial charge in [-0.3, -0.25) is 9.59 Å². The number of nitrogens with zero attached hydrogens (tertiary/aromatic N) is 4. The van der Waals surface area contributed by atoms with Gasteiger partial charge < -0.3 is 28.6 Å². The number of hydrogen-bond donors (Lipinski definition) is 0. The quantitative estimate of drug-likeness (QED) is 0.492. The van der Waals surface area contributed by atoms with Crippen LogP contribution in [-0.2, 0) is 25.6 Å². The first-order chi connectivity index (χ1) is 17.8. The molecule has 0 bridgehead atoms. The maximum absolute atomic E-state index is 13.3. The van der Waals surface area contributed by atoms with Gasteiger partial charge in [0.25, 0.3) is 0 Å². The molecule has 9 nitrogen and oxygen atoms in total. The fourth-order valence-electron chi connectivity index (χ4n) is 4.81. The van der Waals surface area contributed by atoms with Gasteiger partial charge in [-0.1, -0.05) is 25.4 Å². The monoisotopic (exact) mass is 532 g/mol. The van der Waals surface area contributed by atoms with Crippen LogP contribution in [0.25, 0.3) is 0 Å². The van der Waals surface area contributed by atoms with E-state index in [1.807, 2.05) is 23.8 Å². The molecule has 0 spiro atoms. The fraction of sp³-hybridized carbons (Fsp3) is 0.593. The van der Waals surface area contributed by atoms with E-state index in [4.69, 9.17) is 25.8 Å². The van der Waals surface area contributed by atoms with Crippen molar-refractivity contribution >= 4 is 23.4 Å². The lowest BCUT2D eigenvalue weighted by Gasteiger charge is -2.43. The second-order valence-electron chi connectivity index (χ2n) is 10.1. The van der Waals surface area contributed by atoms with Crippen molar-refractivity contribution in [3.05, 3.63) is 47.0 Å². The second kappa shape index (κ2) is 12.3. The lowest BCUT2D eigenvalue weighted by atomic mass is 9.96. The largest absolute Gasteiger partial charge is 0.490 e. The number of carbonyl (C=O) groups is 2. The predicted molar refractivity (Wildman–Crippen MR) is 140 cm³/mol. The van der Waals surface area contributed by atoms with E-state index in [-0.39, 0.29) is 37.3 Å². The zero-order valence-corrected chi connectivity index (χ0v) is 22.7. The van der Waals surface area contributed by atoms with Gasteiger partial charge in [0.05, 0.1) is 32.8 Å². The van der Waals surface area contributed by atoms with Crippen LogP contribution in [0.4, 0.5) is 0 Å². The molecule has 0 aliphatic carbocycles. The van der Waals surface area contributed by atoms with Crippen LogP contribution in [0.15, 0.2) is 30.6 Å². The van der Waals surface area contributed by atoms with Crippen LogP contribution in [0, 0.1) is 6.92 Å². The molecule has 37 heavy (non-hydrogen) atoms. The van der Waals surface area contributed by atoms with Crippen LogP contribution in [0.2, 0.25) is 5.02 Å². The average Bonchev–Trinajstić information content (AvgIpc) is 3.38. The molecule has 2 amide bonds. The van der Waals surface area contributed by atoms with Gasteiger partial charge in [0, 0.05) is 55.9 Å². The van der Waals surface area contributed by atoms with Crippen molar-refractivity contribution in [2.24, 2.45) is 0 Å². The van der Waals surface area contributed by atoms with Crippen molar-refractivity contribution in [3.63, 3.8) is 0 Å². The van der Waals surface area contributed by atoms with Gasteiger partial charge in [0.2, 0.25) is 11.8 Å². The molecule has 1 atom stereocenters. The number of morpholine rings is 2. The molecule has 4 rings (SSSR count). The van der Waals surface area contributed by atoms with Crippen LogP contribution in [0.3, 0.4) is 0 Å².